The molecular formula is C28H39N5O. The molecule has 182 valence electrons. The van der Waals surface area contributed by atoms with Gasteiger partial charge in [0.05, 0.1) is 11.4 Å². The third-order valence-electron chi connectivity index (χ3n) is 6.03. The molecule has 0 spiro atoms. The summed E-state index contributed by atoms with van der Waals surface area (Å²) in [5.41, 5.74) is 20.4. The van der Waals surface area contributed by atoms with Crippen LogP contribution in [0.5, 0.6) is 5.75 Å². The maximum Gasteiger partial charge on any atom is 0.198 e. The van der Waals surface area contributed by atoms with Crippen LogP contribution in [0.2, 0.25) is 0 Å². The molecule has 0 fully saturated rings. The molecule has 6 nitrogen and oxygen atoms in total. The third kappa shape index (κ3) is 6.29. The van der Waals surface area contributed by atoms with Gasteiger partial charge in [-0.3, -0.25) is 0 Å². The van der Waals surface area contributed by atoms with E-state index in [0.717, 1.165) is 42.2 Å². The highest BCUT2D eigenvalue weighted by atomic mass is 16.5. The van der Waals surface area contributed by atoms with Crippen LogP contribution in [-0.4, -0.2) is 37.1 Å². The summed E-state index contributed by atoms with van der Waals surface area (Å²) in [6.07, 6.45) is 0. The lowest BCUT2D eigenvalue weighted by atomic mass is 9.94. The average molecular weight is 462 g/mol. The molecule has 0 saturated carbocycles. The fourth-order valence-corrected chi connectivity index (χ4v) is 4.14. The number of hydrogen-bond donors (Lipinski definition) is 3. The van der Waals surface area contributed by atoms with Crippen LogP contribution in [0.25, 0.3) is 11.1 Å². The monoisotopic (exact) mass is 461 g/mol. The normalized spacial score (nSPS) is 11.6. The quantitative estimate of drug-likeness (QED) is 0.210. The number of guanidine groups is 1. The molecule has 0 aliphatic heterocycles. The summed E-state index contributed by atoms with van der Waals surface area (Å²) in [7, 11) is 0. The molecule has 0 bridgehead atoms. The smallest absolute Gasteiger partial charge is 0.198 e. The van der Waals surface area contributed by atoms with Crippen molar-refractivity contribution in [3.8, 4) is 16.9 Å². The average Bonchev–Trinajstić information content (AvgIpc) is 2.80. The molecule has 0 radical (unpaired) electrons. The first kappa shape index (κ1) is 25.1. The lowest BCUT2D eigenvalue weighted by Gasteiger charge is -2.18. The number of benzene rings is 3. The third-order valence-corrected chi connectivity index (χ3v) is 6.03. The van der Waals surface area contributed by atoms with Crippen molar-refractivity contribution < 1.29 is 6.16 Å². The number of rotatable bonds is 9. The summed E-state index contributed by atoms with van der Waals surface area (Å²) < 4.78 is 5.84. The van der Waals surface area contributed by atoms with E-state index in [9.17, 15) is 0 Å². The number of nitrogens with zero attached hydrogens (tertiary/aromatic N) is 2. The molecule has 0 heterocycles. The van der Waals surface area contributed by atoms with Crippen LogP contribution in [0.1, 0.15) is 32.0 Å². The van der Waals surface area contributed by atoms with Gasteiger partial charge in [0.15, 0.2) is 5.96 Å². The van der Waals surface area contributed by atoms with Gasteiger partial charge in [-0.05, 0) is 98.1 Å². The van der Waals surface area contributed by atoms with Crippen molar-refractivity contribution in [3.05, 3.63) is 71.3 Å². The van der Waals surface area contributed by atoms with Crippen LogP contribution >= 0.6 is 0 Å². The summed E-state index contributed by atoms with van der Waals surface area (Å²) in [5.74, 6) is 1.11. The van der Waals surface area contributed by atoms with E-state index < -0.39 is 0 Å². The van der Waals surface area contributed by atoms with E-state index in [-0.39, 0.29) is 7.39 Å². The zero-order chi connectivity index (χ0) is 24.7. The maximum atomic E-state index is 6.40. The Kier molecular flexibility index (Phi) is 8.55. The standard InChI is InChI=1S/C28H37N5O.H2/c1-6-33(7-2)15-16-34-24-13-11-23(12-14-24)31-28(30)32-27-21(5)17-22(18-25(27)29)26-19(3)9-8-10-20(26)4;/h8-14,17-18H,6-7,15-16,29H2,1-5H3,(H3,30,31,32);1H. The van der Waals surface area contributed by atoms with E-state index in [1.54, 1.807) is 0 Å². The molecule has 6 heteroatoms. The summed E-state index contributed by atoms with van der Waals surface area (Å²) >= 11 is 0. The second-order valence-corrected chi connectivity index (χ2v) is 8.52. The number of aryl methyl sites for hydroxylation is 3. The predicted molar refractivity (Wildman–Crippen MR) is 147 cm³/mol. The van der Waals surface area contributed by atoms with Crippen LogP contribution in [0, 0.1) is 20.8 Å². The van der Waals surface area contributed by atoms with E-state index in [1.807, 2.05) is 37.3 Å². The van der Waals surface area contributed by atoms with E-state index in [4.69, 9.17) is 16.2 Å². The van der Waals surface area contributed by atoms with Gasteiger partial charge in [0.2, 0.25) is 0 Å². The first-order chi connectivity index (χ1) is 16.3. The fourth-order valence-electron chi connectivity index (χ4n) is 4.14. The van der Waals surface area contributed by atoms with Gasteiger partial charge in [-0.15, -0.1) is 0 Å². The van der Waals surface area contributed by atoms with Crippen LogP contribution in [0.3, 0.4) is 0 Å². The molecule has 0 aliphatic rings. The minimum Gasteiger partial charge on any atom is -0.492 e. The first-order valence-corrected chi connectivity index (χ1v) is 11.9. The highest BCUT2D eigenvalue weighted by Gasteiger charge is 2.11. The number of nitrogens with two attached hydrogens (primary N) is 2. The van der Waals surface area contributed by atoms with E-state index in [0.29, 0.717) is 18.0 Å². The second kappa shape index (κ2) is 11.6. The number of hydrogen-bond acceptors (Lipinski definition) is 4. The molecule has 3 rings (SSSR count). The number of nitrogen functional groups attached to an aromatic ring is 1. The van der Waals surface area contributed by atoms with Gasteiger partial charge in [-0.25, -0.2) is 4.99 Å². The maximum absolute atomic E-state index is 6.40. The molecule has 0 saturated heterocycles. The lowest BCUT2D eigenvalue weighted by molar-refractivity contribution is 0.223. The van der Waals surface area contributed by atoms with Gasteiger partial charge in [-0.1, -0.05) is 32.0 Å². The Hall–Kier alpha value is -3.51. The Bertz CT molecular complexity index is 1100. The van der Waals surface area contributed by atoms with Crippen molar-refractivity contribution in [1.82, 2.24) is 4.90 Å². The minimum atomic E-state index is 0. The largest absolute Gasteiger partial charge is 0.492 e. The molecular weight excluding hydrogens is 422 g/mol. The highest BCUT2D eigenvalue weighted by molar-refractivity contribution is 5.95. The van der Waals surface area contributed by atoms with Crippen molar-refractivity contribution in [2.75, 3.05) is 37.3 Å². The Morgan fingerprint density at radius 2 is 1.62 bits per heavy atom. The van der Waals surface area contributed by atoms with Crippen LogP contribution in [0.15, 0.2) is 59.6 Å². The van der Waals surface area contributed by atoms with Gasteiger partial charge >= 0.3 is 0 Å². The lowest BCUT2D eigenvalue weighted by Crippen LogP contribution is -2.27. The number of aliphatic imine (C=N–C) groups is 1. The predicted octanol–water partition coefficient (Wildman–Crippen LogP) is 5.89. The van der Waals surface area contributed by atoms with Gasteiger partial charge < -0.3 is 26.4 Å². The Morgan fingerprint density at radius 1 is 0.971 bits per heavy atom. The van der Waals surface area contributed by atoms with E-state index in [2.05, 4.69) is 67.2 Å². The summed E-state index contributed by atoms with van der Waals surface area (Å²) in [4.78, 5) is 6.89. The zero-order valence-corrected chi connectivity index (χ0v) is 21.0. The van der Waals surface area contributed by atoms with Crippen LogP contribution < -0.4 is 21.5 Å². The number of likely N-dealkylation sites (N-methyl/N-ethyl adjacent to an activating group) is 1. The van der Waals surface area contributed by atoms with Gasteiger partial charge in [0, 0.05) is 13.7 Å². The summed E-state index contributed by atoms with van der Waals surface area (Å²) in [5, 5.41) is 3.14. The Balaban J connectivity index is 0.00000432. The molecule has 34 heavy (non-hydrogen) atoms. The summed E-state index contributed by atoms with van der Waals surface area (Å²) in [6, 6.07) is 18.1. The van der Waals surface area contributed by atoms with Gasteiger partial charge in [0.1, 0.15) is 12.4 Å². The molecule has 0 aromatic heterocycles. The van der Waals surface area contributed by atoms with Gasteiger partial charge in [0.25, 0.3) is 0 Å². The number of nitrogens with one attached hydrogen (secondary N) is 1. The summed E-state index contributed by atoms with van der Waals surface area (Å²) in [6.45, 7) is 14.2. The van der Waals surface area contributed by atoms with Crippen LogP contribution in [-0.2, 0) is 0 Å². The van der Waals surface area contributed by atoms with Crippen molar-refractivity contribution in [1.29, 1.82) is 0 Å². The van der Waals surface area contributed by atoms with E-state index >= 15 is 0 Å². The fraction of sp³-hybridized carbons (Fsp3) is 0.321. The first-order valence-electron chi connectivity index (χ1n) is 11.9. The molecule has 0 aliphatic carbocycles. The van der Waals surface area contributed by atoms with Crippen molar-refractivity contribution in [2.45, 2.75) is 34.6 Å². The van der Waals surface area contributed by atoms with E-state index in [1.165, 1.54) is 16.7 Å². The Morgan fingerprint density at radius 3 is 2.21 bits per heavy atom. The molecule has 0 amide bonds. The Labute approximate surface area is 205 Å². The molecule has 0 atom stereocenters. The SMILES string of the molecule is CCN(CC)CCOc1ccc(NC(N)=Nc2c(C)cc(-c3c(C)cccc3C)cc2N)cc1.[HH]. The molecule has 5 N–H and O–H groups in total. The topological polar surface area (TPSA) is 88.9 Å². The molecule has 0 unspecified atom stereocenters. The number of ether oxygens (including phenoxy) is 1. The second-order valence-electron chi connectivity index (χ2n) is 8.52. The highest BCUT2D eigenvalue weighted by Crippen LogP contribution is 2.35. The zero-order valence-electron chi connectivity index (χ0n) is 21.0. The molecule has 3 aromatic rings. The number of anilines is 2. The van der Waals surface area contributed by atoms with Crippen molar-refractivity contribution >= 4 is 23.0 Å². The van der Waals surface area contributed by atoms with Crippen LogP contribution in [0.4, 0.5) is 17.1 Å². The van der Waals surface area contributed by atoms with Crippen molar-refractivity contribution in [3.63, 3.8) is 0 Å². The molecule has 3 aromatic carbocycles. The van der Waals surface area contributed by atoms with Crippen molar-refractivity contribution in [2.24, 2.45) is 10.7 Å². The minimum absolute atomic E-state index is 0. The van der Waals surface area contributed by atoms with Gasteiger partial charge in [-0.2, -0.15) is 0 Å².